The van der Waals surface area contributed by atoms with Crippen molar-refractivity contribution in [2.45, 2.75) is 32.0 Å². The van der Waals surface area contributed by atoms with Crippen molar-refractivity contribution in [3.05, 3.63) is 59.3 Å². The first-order valence-corrected chi connectivity index (χ1v) is 11.9. The predicted octanol–water partition coefficient (Wildman–Crippen LogP) is 3.10. The molecule has 0 radical (unpaired) electrons. The molecular weight excluding hydrogens is 494 g/mol. The lowest BCUT2D eigenvalue weighted by atomic mass is 10.0. The van der Waals surface area contributed by atoms with Crippen LogP contribution in [0.2, 0.25) is 0 Å². The second-order valence-electron chi connectivity index (χ2n) is 9.32. The van der Waals surface area contributed by atoms with Crippen LogP contribution >= 0.6 is 0 Å². The summed E-state index contributed by atoms with van der Waals surface area (Å²) in [5.74, 6) is -1.38. The van der Waals surface area contributed by atoms with E-state index in [0.717, 1.165) is 37.1 Å². The minimum atomic E-state index is -4.70. The Labute approximate surface area is 208 Å². The Bertz CT molecular complexity index is 1370. The maximum Gasteiger partial charge on any atom is 0.433 e. The number of alkyl halides is 3. The maximum absolute atomic E-state index is 14.7. The van der Waals surface area contributed by atoms with Crippen molar-refractivity contribution >= 4 is 28.5 Å². The van der Waals surface area contributed by atoms with Gasteiger partial charge in [0.25, 0.3) is 0 Å². The molecule has 194 valence electrons. The van der Waals surface area contributed by atoms with Crippen LogP contribution in [0.15, 0.2) is 36.5 Å². The number of fused-ring (bicyclic) bond motifs is 1. The van der Waals surface area contributed by atoms with E-state index in [1.807, 2.05) is 0 Å². The molecule has 12 heteroatoms. The maximum atomic E-state index is 14.7. The average Bonchev–Trinajstić information content (AvgIpc) is 3.65. The van der Waals surface area contributed by atoms with E-state index in [9.17, 15) is 31.9 Å². The van der Waals surface area contributed by atoms with Gasteiger partial charge in [0.2, 0.25) is 11.8 Å². The molecule has 0 bridgehead atoms. The number of aromatic nitrogens is 3. The van der Waals surface area contributed by atoms with Crippen LogP contribution in [0, 0.1) is 11.7 Å². The number of piperazine rings is 1. The third-order valence-corrected chi connectivity index (χ3v) is 6.56. The van der Waals surface area contributed by atoms with Gasteiger partial charge in [-0.2, -0.15) is 18.3 Å². The van der Waals surface area contributed by atoms with Crippen LogP contribution in [0.25, 0.3) is 10.9 Å². The molecule has 1 aliphatic heterocycles. The van der Waals surface area contributed by atoms with Gasteiger partial charge < -0.3 is 9.80 Å². The predicted molar refractivity (Wildman–Crippen MR) is 123 cm³/mol. The van der Waals surface area contributed by atoms with E-state index in [1.165, 1.54) is 10.7 Å². The Morgan fingerprint density at radius 1 is 1.00 bits per heavy atom. The summed E-state index contributed by atoms with van der Waals surface area (Å²) in [6, 6.07) is 5.51. The molecule has 0 unspecified atom stereocenters. The summed E-state index contributed by atoms with van der Waals surface area (Å²) in [5, 5.41) is 4.72. The van der Waals surface area contributed by atoms with Gasteiger partial charge in [-0.05, 0) is 36.6 Å². The first kappa shape index (κ1) is 24.8. The summed E-state index contributed by atoms with van der Waals surface area (Å²) >= 11 is 0. The molecule has 2 fully saturated rings. The Balaban J connectivity index is 1.24. The zero-order valence-corrected chi connectivity index (χ0v) is 19.7. The van der Waals surface area contributed by atoms with Crippen LogP contribution in [0.1, 0.15) is 34.6 Å². The number of rotatable bonds is 6. The lowest BCUT2D eigenvalue weighted by molar-refractivity contribution is -0.141. The monoisotopic (exact) mass is 517 g/mol. The second-order valence-corrected chi connectivity index (χ2v) is 9.32. The summed E-state index contributed by atoms with van der Waals surface area (Å²) in [5.41, 5.74) is -1.34. The minimum absolute atomic E-state index is 0.0148. The fourth-order valence-corrected chi connectivity index (χ4v) is 4.38. The Morgan fingerprint density at radius 2 is 1.70 bits per heavy atom. The number of hydrogen-bond donors (Lipinski definition) is 0. The Hall–Kier alpha value is -3.83. The van der Waals surface area contributed by atoms with Gasteiger partial charge in [0, 0.05) is 56.2 Å². The van der Waals surface area contributed by atoms with Crippen LogP contribution < -0.4 is 0 Å². The van der Waals surface area contributed by atoms with Gasteiger partial charge in [-0.1, -0.05) is 6.07 Å². The number of pyridine rings is 1. The number of carbonyl (C=O) groups excluding carboxylic acids is 3. The molecule has 0 N–H and O–H groups in total. The van der Waals surface area contributed by atoms with E-state index in [-0.39, 0.29) is 35.4 Å². The first-order chi connectivity index (χ1) is 17.6. The molecule has 5 rings (SSSR count). The molecule has 8 nitrogen and oxygen atoms in total. The molecule has 1 aliphatic carbocycles. The van der Waals surface area contributed by atoms with E-state index in [4.69, 9.17) is 0 Å². The Morgan fingerprint density at radius 3 is 2.38 bits per heavy atom. The van der Waals surface area contributed by atoms with Crippen LogP contribution in [0.4, 0.5) is 17.6 Å². The topological polar surface area (TPSA) is 88.4 Å². The summed E-state index contributed by atoms with van der Waals surface area (Å²) in [6.07, 6.45) is -1.76. The van der Waals surface area contributed by atoms with Gasteiger partial charge in [0.05, 0.1) is 5.52 Å². The van der Waals surface area contributed by atoms with Crippen molar-refractivity contribution < 1.29 is 31.9 Å². The molecule has 0 spiro atoms. The fourth-order valence-electron chi connectivity index (χ4n) is 4.38. The molecular formula is C25H23F4N5O3. The molecule has 2 aliphatic rings. The van der Waals surface area contributed by atoms with E-state index in [2.05, 4.69) is 10.1 Å². The zero-order valence-electron chi connectivity index (χ0n) is 19.7. The summed E-state index contributed by atoms with van der Waals surface area (Å²) in [6.45, 7) is 1.78. The average molecular weight is 517 g/mol. The van der Waals surface area contributed by atoms with Crippen LogP contribution in [-0.2, 0) is 28.7 Å². The largest absolute Gasteiger partial charge is 0.433 e. The molecule has 37 heavy (non-hydrogen) atoms. The van der Waals surface area contributed by atoms with E-state index < -0.39 is 35.6 Å². The first-order valence-electron chi connectivity index (χ1n) is 11.9. The van der Waals surface area contributed by atoms with Crippen LogP contribution in [0.3, 0.4) is 0 Å². The number of carbonyl (C=O) groups is 3. The number of hydrogen-bond acceptors (Lipinski definition) is 5. The fraction of sp³-hybridized carbons (Fsp3) is 0.400. The highest BCUT2D eigenvalue weighted by Crippen LogP contribution is 2.31. The highest BCUT2D eigenvalue weighted by atomic mass is 19.4. The smallest absolute Gasteiger partial charge is 0.339 e. The highest BCUT2D eigenvalue weighted by Gasteiger charge is 2.35. The highest BCUT2D eigenvalue weighted by molar-refractivity contribution is 5.96. The zero-order chi connectivity index (χ0) is 26.3. The number of nitrogens with zero attached hydrogens (tertiary/aromatic N) is 5. The van der Waals surface area contributed by atoms with Gasteiger partial charge in [-0.25, -0.2) is 9.37 Å². The summed E-state index contributed by atoms with van der Waals surface area (Å²) in [7, 11) is 0. The molecule has 3 aromatic rings. The number of Topliss-reactive ketones (excluding diaryl/α,β-unsaturated/α-hetero) is 1. The van der Waals surface area contributed by atoms with Gasteiger partial charge >= 0.3 is 6.18 Å². The van der Waals surface area contributed by atoms with Crippen molar-refractivity contribution in [1.82, 2.24) is 24.6 Å². The standard InChI is InChI=1S/C25H23F4N5O3/c26-18-12-20-17(10-16(18)11-21(35)19-2-1-3-22(30-19)25(27,28)29)13-34(31-20)14-23(36)32-6-8-33(9-7-32)24(37)15-4-5-15/h1-3,10,12-13,15H,4-9,11,14H2. The lowest BCUT2D eigenvalue weighted by Crippen LogP contribution is -2.51. The van der Waals surface area contributed by atoms with E-state index >= 15 is 0 Å². The minimum Gasteiger partial charge on any atom is -0.339 e. The van der Waals surface area contributed by atoms with Gasteiger partial charge in [-0.3, -0.25) is 19.1 Å². The van der Waals surface area contributed by atoms with Gasteiger partial charge in [0.1, 0.15) is 23.7 Å². The van der Waals surface area contributed by atoms with Crippen molar-refractivity contribution in [1.29, 1.82) is 0 Å². The SMILES string of the molecule is O=C(Cc1cc2cn(CC(=O)N3CCN(C(=O)C4CC4)CC3)nc2cc1F)c1cccc(C(F)(F)F)n1. The van der Waals surface area contributed by atoms with Crippen LogP contribution in [-0.4, -0.2) is 68.3 Å². The molecule has 2 amide bonds. The summed E-state index contributed by atoms with van der Waals surface area (Å²) < 4.78 is 54.8. The van der Waals surface area contributed by atoms with Crippen molar-refractivity contribution in [2.75, 3.05) is 26.2 Å². The van der Waals surface area contributed by atoms with E-state index in [1.54, 1.807) is 16.0 Å². The van der Waals surface area contributed by atoms with Crippen LogP contribution in [0.5, 0.6) is 0 Å². The number of ketones is 1. The van der Waals surface area contributed by atoms with Crippen molar-refractivity contribution in [2.24, 2.45) is 5.92 Å². The lowest BCUT2D eigenvalue weighted by Gasteiger charge is -2.34. The number of benzene rings is 1. The molecule has 1 saturated heterocycles. The molecule has 2 aromatic heterocycles. The third kappa shape index (κ3) is 5.47. The van der Waals surface area contributed by atoms with Gasteiger partial charge in [-0.15, -0.1) is 0 Å². The Kier molecular flexibility index (Phi) is 6.42. The van der Waals surface area contributed by atoms with E-state index in [0.29, 0.717) is 31.6 Å². The third-order valence-electron chi connectivity index (χ3n) is 6.56. The molecule has 1 saturated carbocycles. The normalized spacial score (nSPS) is 16.3. The quantitative estimate of drug-likeness (QED) is 0.371. The second kappa shape index (κ2) is 9.56. The number of halogens is 4. The molecule has 1 aromatic carbocycles. The molecule has 3 heterocycles. The van der Waals surface area contributed by atoms with Crippen molar-refractivity contribution in [3.8, 4) is 0 Å². The summed E-state index contributed by atoms with van der Waals surface area (Å²) in [4.78, 5) is 44.3. The molecule has 0 atom stereocenters. The van der Waals surface area contributed by atoms with Crippen molar-refractivity contribution in [3.63, 3.8) is 0 Å². The van der Waals surface area contributed by atoms with Gasteiger partial charge in [0.15, 0.2) is 5.78 Å². The number of amides is 2.